The molecule has 1 aromatic carbocycles. The molecule has 0 saturated heterocycles. The van der Waals surface area contributed by atoms with E-state index in [1.807, 2.05) is 18.2 Å². The van der Waals surface area contributed by atoms with Gasteiger partial charge in [0.2, 0.25) is 5.43 Å². The topological polar surface area (TPSA) is 56.6 Å². The van der Waals surface area contributed by atoms with Crippen molar-refractivity contribution in [3.8, 4) is 6.07 Å². The van der Waals surface area contributed by atoms with E-state index in [0.29, 0.717) is 5.39 Å². The number of nitrogens with zero attached hydrogens (tertiary/aromatic N) is 1. The van der Waals surface area contributed by atoms with Crippen LogP contribution in [0.15, 0.2) is 29.2 Å². The Hall–Kier alpha value is -1.35. The van der Waals surface area contributed by atoms with Crippen LogP contribution in [-0.2, 0) is 0 Å². The van der Waals surface area contributed by atoms with Gasteiger partial charge in [0, 0.05) is 20.7 Å². The molecule has 1 N–H and O–H groups in total. The zero-order valence-corrected chi connectivity index (χ0v) is 9.20. The molecule has 0 amide bonds. The smallest absolute Gasteiger partial charge is 0.207 e. The van der Waals surface area contributed by atoms with Crippen molar-refractivity contribution in [2.75, 3.05) is 0 Å². The molecule has 0 fully saturated rings. The first-order valence-corrected chi connectivity index (χ1v) is 5.01. The van der Waals surface area contributed by atoms with Gasteiger partial charge < -0.3 is 4.98 Å². The van der Waals surface area contributed by atoms with Crippen LogP contribution in [0.3, 0.4) is 0 Å². The normalized spacial score (nSPS) is 10.0. The molecule has 2 aromatic rings. The number of H-pyrrole nitrogens is 1. The summed E-state index contributed by atoms with van der Waals surface area (Å²) in [5, 5.41) is 9.24. The van der Waals surface area contributed by atoms with Crippen LogP contribution in [0, 0.1) is 14.9 Å². The lowest BCUT2D eigenvalue weighted by Crippen LogP contribution is -2.06. The van der Waals surface area contributed by atoms with Crippen molar-refractivity contribution in [2.24, 2.45) is 0 Å². The summed E-state index contributed by atoms with van der Waals surface area (Å²) in [4.78, 5) is 14.6. The number of nitrogens with one attached hydrogen (secondary N) is 1. The number of aromatic nitrogens is 1. The summed E-state index contributed by atoms with van der Waals surface area (Å²) in [6.07, 6.45) is 1.44. The molecule has 0 aliphatic rings. The quantitative estimate of drug-likeness (QED) is 0.756. The molecule has 0 aliphatic carbocycles. The van der Waals surface area contributed by atoms with E-state index in [1.54, 1.807) is 6.07 Å². The van der Waals surface area contributed by atoms with Crippen LogP contribution >= 0.6 is 22.6 Å². The van der Waals surface area contributed by atoms with Crippen LogP contribution in [0.4, 0.5) is 0 Å². The third-order valence-corrected chi connectivity index (χ3v) is 2.63. The van der Waals surface area contributed by atoms with Crippen LogP contribution in [0.5, 0.6) is 0 Å². The molecule has 0 bridgehead atoms. The molecule has 0 spiro atoms. The zero-order chi connectivity index (χ0) is 10.1. The fourth-order valence-corrected chi connectivity index (χ4v) is 1.76. The van der Waals surface area contributed by atoms with Gasteiger partial charge in [-0.3, -0.25) is 4.79 Å². The number of pyridine rings is 1. The lowest BCUT2D eigenvalue weighted by Gasteiger charge is -1.98. The monoisotopic (exact) mass is 296 g/mol. The Balaban J connectivity index is 2.96. The highest BCUT2D eigenvalue weighted by molar-refractivity contribution is 14.1. The standard InChI is InChI=1S/C10H5IN2O/c11-7-1-2-9-8(3-7)10(14)6(4-12)5-13-9/h1-3,5H,(H,13,14). The minimum absolute atomic E-state index is 0.152. The number of hydrogen-bond acceptors (Lipinski definition) is 2. The number of hydrogen-bond donors (Lipinski definition) is 1. The third kappa shape index (κ3) is 1.40. The van der Waals surface area contributed by atoms with Gasteiger partial charge in [-0.05, 0) is 40.8 Å². The van der Waals surface area contributed by atoms with Gasteiger partial charge in [0.05, 0.1) is 0 Å². The van der Waals surface area contributed by atoms with Crippen molar-refractivity contribution in [1.82, 2.24) is 4.98 Å². The van der Waals surface area contributed by atoms with E-state index in [2.05, 4.69) is 27.6 Å². The number of benzene rings is 1. The lowest BCUT2D eigenvalue weighted by atomic mass is 10.1. The third-order valence-electron chi connectivity index (χ3n) is 1.96. The molecular formula is C10H5IN2O. The Morgan fingerprint density at radius 1 is 1.43 bits per heavy atom. The van der Waals surface area contributed by atoms with Crippen molar-refractivity contribution in [1.29, 1.82) is 5.26 Å². The summed E-state index contributed by atoms with van der Waals surface area (Å²) < 4.78 is 0.982. The van der Waals surface area contributed by atoms with E-state index >= 15 is 0 Å². The Morgan fingerprint density at radius 3 is 2.93 bits per heavy atom. The average Bonchev–Trinajstić information content (AvgIpc) is 2.20. The molecule has 2 rings (SSSR count). The Labute approximate surface area is 93.5 Å². The van der Waals surface area contributed by atoms with Crippen LogP contribution < -0.4 is 5.43 Å². The molecule has 1 aromatic heterocycles. The highest BCUT2D eigenvalue weighted by Crippen LogP contribution is 2.12. The SMILES string of the molecule is N#Cc1c[nH]c2ccc(I)cc2c1=O. The minimum Gasteiger partial charge on any atom is -0.360 e. The molecule has 0 radical (unpaired) electrons. The maximum atomic E-state index is 11.7. The van der Waals surface area contributed by atoms with Crippen LogP contribution in [-0.4, -0.2) is 4.98 Å². The van der Waals surface area contributed by atoms with Crippen LogP contribution in [0.1, 0.15) is 5.56 Å². The fraction of sp³-hybridized carbons (Fsp3) is 0. The molecule has 4 heteroatoms. The van der Waals surface area contributed by atoms with Crippen LogP contribution in [0.25, 0.3) is 10.9 Å². The van der Waals surface area contributed by atoms with Gasteiger partial charge in [0.1, 0.15) is 11.6 Å². The van der Waals surface area contributed by atoms with Crippen molar-refractivity contribution in [2.45, 2.75) is 0 Å². The number of nitriles is 1. The Kier molecular flexibility index (Phi) is 2.25. The zero-order valence-electron chi connectivity index (χ0n) is 7.04. The van der Waals surface area contributed by atoms with Gasteiger partial charge in [0.15, 0.2) is 0 Å². The van der Waals surface area contributed by atoms with E-state index in [0.717, 1.165) is 9.09 Å². The van der Waals surface area contributed by atoms with Crippen molar-refractivity contribution in [3.05, 3.63) is 43.8 Å². The number of aromatic amines is 1. The van der Waals surface area contributed by atoms with Gasteiger partial charge >= 0.3 is 0 Å². The first-order valence-electron chi connectivity index (χ1n) is 3.93. The molecule has 14 heavy (non-hydrogen) atoms. The first-order chi connectivity index (χ1) is 6.72. The van der Waals surface area contributed by atoms with E-state index < -0.39 is 0 Å². The summed E-state index contributed by atoms with van der Waals surface area (Å²) >= 11 is 2.13. The van der Waals surface area contributed by atoms with Crippen LogP contribution in [0.2, 0.25) is 0 Å². The maximum absolute atomic E-state index is 11.7. The fourth-order valence-electron chi connectivity index (χ4n) is 1.27. The lowest BCUT2D eigenvalue weighted by molar-refractivity contribution is 1.34. The number of rotatable bonds is 0. The average molecular weight is 296 g/mol. The summed E-state index contributed by atoms with van der Waals surface area (Å²) in [6, 6.07) is 7.37. The van der Waals surface area contributed by atoms with Gasteiger partial charge in [-0.15, -0.1) is 0 Å². The van der Waals surface area contributed by atoms with E-state index in [4.69, 9.17) is 5.26 Å². The highest BCUT2D eigenvalue weighted by Gasteiger charge is 2.03. The molecule has 68 valence electrons. The molecule has 0 aliphatic heterocycles. The van der Waals surface area contributed by atoms with E-state index in [1.165, 1.54) is 6.20 Å². The van der Waals surface area contributed by atoms with Gasteiger partial charge in [-0.25, -0.2) is 0 Å². The molecule has 0 saturated carbocycles. The van der Waals surface area contributed by atoms with Gasteiger partial charge in [-0.1, -0.05) is 0 Å². The van der Waals surface area contributed by atoms with Crippen molar-refractivity contribution in [3.63, 3.8) is 0 Å². The summed E-state index contributed by atoms with van der Waals surface area (Å²) in [6.45, 7) is 0. The second-order valence-electron chi connectivity index (χ2n) is 2.83. The predicted molar refractivity (Wildman–Crippen MR) is 62.0 cm³/mol. The molecule has 1 heterocycles. The summed E-state index contributed by atoms with van der Waals surface area (Å²) in [5.41, 5.74) is 0.702. The van der Waals surface area contributed by atoms with Gasteiger partial charge in [0.25, 0.3) is 0 Å². The molecule has 3 nitrogen and oxygen atoms in total. The van der Waals surface area contributed by atoms with E-state index in [9.17, 15) is 4.79 Å². The van der Waals surface area contributed by atoms with Gasteiger partial charge in [-0.2, -0.15) is 5.26 Å². The van der Waals surface area contributed by atoms with Crippen molar-refractivity contribution < 1.29 is 0 Å². The highest BCUT2D eigenvalue weighted by atomic mass is 127. The number of fused-ring (bicyclic) bond motifs is 1. The Morgan fingerprint density at radius 2 is 2.21 bits per heavy atom. The second-order valence-corrected chi connectivity index (χ2v) is 4.08. The largest absolute Gasteiger partial charge is 0.360 e. The summed E-state index contributed by atoms with van der Waals surface area (Å²) in [7, 11) is 0. The molecule has 0 atom stereocenters. The summed E-state index contributed by atoms with van der Waals surface area (Å²) in [5.74, 6) is 0. The first kappa shape index (κ1) is 9.21. The van der Waals surface area contributed by atoms with E-state index in [-0.39, 0.29) is 11.0 Å². The maximum Gasteiger partial charge on any atom is 0.207 e. The number of halogens is 1. The second kappa shape index (κ2) is 3.42. The Bertz CT molecular complexity index is 595. The predicted octanol–water partition coefficient (Wildman–Crippen LogP) is 2.00. The van der Waals surface area contributed by atoms with Crippen molar-refractivity contribution >= 4 is 33.5 Å². The molecular weight excluding hydrogens is 291 g/mol. The molecule has 0 unspecified atom stereocenters. The minimum atomic E-state index is -0.209.